The van der Waals surface area contributed by atoms with Crippen LogP contribution in [0.4, 0.5) is 0 Å². The molecule has 0 unspecified atom stereocenters. The molecular weight excluding hydrogens is 797 g/mol. The zero-order valence-electron chi connectivity index (χ0n) is 36.8. The molecule has 0 amide bonds. The maximum absolute atomic E-state index is 5.41. The standard InChI is InChI=1S/C64H44N2/c1-63(2)55-32-18-30-53(61(55)60-46-26-13-12-19-41(46)34-38-56(60)63)49-36-37-52(48-28-15-14-27-47(48)49)59-40-58(65-62(66-59)42-20-6-3-7-21-42)43-33-35-51-50-29-16-17-31-54(50)64(57(51)39-43,44-22-8-4-9-23-44)45-24-10-5-11-25-45/h3-40H,1-2H3. The van der Waals surface area contributed by atoms with E-state index in [1.54, 1.807) is 0 Å². The molecule has 10 aromatic carbocycles. The van der Waals surface area contributed by atoms with Crippen molar-refractivity contribution in [3.05, 3.63) is 264 Å². The molecule has 0 spiro atoms. The number of benzene rings is 10. The zero-order valence-corrected chi connectivity index (χ0v) is 36.8. The molecule has 310 valence electrons. The topological polar surface area (TPSA) is 25.8 Å². The fourth-order valence-corrected chi connectivity index (χ4v) is 11.6. The van der Waals surface area contributed by atoms with Crippen molar-refractivity contribution < 1.29 is 0 Å². The minimum absolute atomic E-state index is 0.131. The Morgan fingerprint density at radius 2 is 0.864 bits per heavy atom. The summed E-state index contributed by atoms with van der Waals surface area (Å²) in [5.41, 5.74) is 19.7. The smallest absolute Gasteiger partial charge is 0.160 e. The van der Waals surface area contributed by atoms with Gasteiger partial charge in [-0.1, -0.05) is 232 Å². The first kappa shape index (κ1) is 38.3. The van der Waals surface area contributed by atoms with Gasteiger partial charge in [0.05, 0.1) is 16.8 Å². The summed E-state index contributed by atoms with van der Waals surface area (Å²) in [6.07, 6.45) is 0. The van der Waals surface area contributed by atoms with Crippen molar-refractivity contribution in [1.29, 1.82) is 0 Å². The van der Waals surface area contributed by atoms with Crippen molar-refractivity contribution in [3.63, 3.8) is 0 Å². The van der Waals surface area contributed by atoms with Crippen LogP contribution >= 0.6 is 0 Å². The van der Waals surface area contributed by atoms with Gasteiger partial charge in [0, 0.05) is 22.1 Å². The Hall–Kier alpha value is -8.20. The Labute approximate surface area is 385 Å². The van der Waals surface area contributed by atoms with E-state index in [-0.39, 0.29) is 5.41 Å². The zero-order chi connectivity index (χ0) is 44.0. The molecule has 0 aliphatic heterocycles. The summed E-state index contributed by atoms with van der Waals surface area (Å²) in [5, 5.41) is 4.92. The van der Waals surface area contributed by atoms with Crippen LogP contribution in [-0.2, 0) is 10.8 Å². The number of nitrogens with zero attached hydrogens (tertiary/aromatic N) is 2. The van der Waals surface area contributed by atoms with Gasteiger partial charge in [0.15, 0.2) is 5.82 Å². The molecular formula is C64H44N2. The molecule has 2 aliphatic rings. The SMILES string of the molecule is CC1(C)c2cccc(-c3ccc(-c4cc(-c5ccc6c(c5)C(c5ccccc5)(c5ccccc5)c5ccccc5-6)nc(-c5ccccc5)n4)c4ccccc34)c2-c2c1ccc1ccccc21. The lowest BCUT2D eigenvalue weighted by Gasteiger charge is -2.34. The lowest BCUT2D eigenvalue weighted by Crippen LogP contribution is -2.28. The molecule has 2 aliphatic carbocycles. The summed E-state index contributed by atoms with van der Waals surface area (Å²) in [4.78, 5) is 10.8. The summed E-state index contributed by atoms with van der Waals surface area (Å²) in [5.74, 6) is 0.698. The second kappa shape index (κ2) is 14.7. The normalized spacial score (nSPS) is 13.8. The summed E-state index contributed by atoms with van der Waals surface area (Å²) >= 11 is 0. The van der Waals surface area contributed by atoms with Crippen LogP contribution in [-0.4, -0.2) is 9.97 Å². The molecule has 0 atom stereocenters. The van der Waals surface area contributed by atoms with E-state index in [9.17, 15) is 0 Å². The van der Waals surface area contributed by atoms with Gasteiger partial charge in [0.25, 0.3) is 0 Å². The van der Waals surface area contributed by atoms with E-state index in [1.165, 1.54) is 82.9 Å². The highest BCUT2D eigenvalue weighted by molar-refractivity contribution is 6.11. The van der Waals surface area contributed by atoms with E-state index in [0.717, 1.165) is 33.5 Å². The van der Waals surface area contributed by atoms with E-state index >= 15 is 0 Å². The van der Waals surface area contributed by atoms with Gasteiger partial charge in [-0.25, -0.2) is 9.97 Å². The van der Waals surface area contributed by atoms with Crippen molar-refractivity contribution in [3.8, 4) is 67.3 Å². The molecule has 0 saturated carbocycles. The first-order valence-electron chi connectivity index (χ1n) is 23.0. The predicted octanol–water partition coefficient (Wildman–Crippen LogP) is 16.1. The highest BCUT2D eigenvalue weighted by Crippen LogP contribution is 2.58. The molecule has 1 aromatic heterocycles. The van der Waals surface area contributed by atoms with Gasteiger partial charge >= 0.3 is 0 Å². The average Bonchev–Trinajstić information content (AvgIpc) is 3.82. The first-order valence-corrected chi connectivity index (χ1v) is 23.0. The molecule has 0 radical (unpaired) electrons. The van der Waals surface area contributed by atoms with Crippen LogP contribution in [0.15, 0.2) is 231 Å². The molecule has 0 fully saturated rings. The highest BCUT2D eigenvalue weighted by Gasteiger charge is 2.46. The van der Waals surface area contributed by atoms with Crippen molar-refractivity contribution in [2.75, 3.05) is 0 Å². The second-order valence-electron chi connectivity index (χ2n) is 18.4. The lowest BCUT2D eigenvalue weighted by molar-refractivity contribution is 0.661. The third-order valence-corrected chi connectivity index (χ3v) is 14.6. The van der Waals surface area contributed by atoms with E-state index < -0.39 is 5.41 Å². The predicted molar refractivity (Wildman–Crippen MR) is 274 cm³/mol. The van der Waals surface area contributed by atoms with Gasteiger partial charge in [0.2, 0.25) is 0 Å². The fraction of sp³-hybridized carbons (Fsp3) is 0.0625. The van der Waals surface area contributed by atoms with Gasteiger partial charge < -0.3 is 0 Å². The van der Waals surface area contributed by atoms with Gasteiger partial charge in [-0.15, -0.1) is 0 Å². The monoisotopic (exact) mass is 840 g/mol. The Morgan fingerprint density at radius 3 is 1.62 bits per heavy atom. The van der Waals surface area contributed by atoms with E-state index in [0.29, 0.717) is 5.82 Å². The van der Waals surface area contributed by atoms with Crippen LogP contribution in [0.5, 0.6) is 0 Å². The van der Waals surface area contributed by atoms with Gasteiger partial charge in [-0.2, -0.15) is 0 Å². The van der Waals surface area contributed by atoms with Crippen LogP contribution in [0.25, 0.3) is 88.8 Å². The Balaban J connectivity index is 1.02. The van der Waals surface area contributed by atoms with Crippen molar-refractivity contribution in [2.45, 2.75) is 24.7 Å². The molecule has 0 saturated heterocycles. The quantitative estimate of drug-likeness (QED) is 0.167. The number of aromatic nitrogens is 2. The second-order valence-corrected chi connectivity index (χ2v) is 18.4. The molecule has 2 heteroatoms. The number of hydrogen-bond donors (Lipinski definition) is 0. The third-order valence-electron chi connectivity index (χ3n) is 14.6. The molecule has 0 N–H and O–H groups in total. The van der Waals surface area contributed by atoms with Gasteiger partial charge in [0.1, 0.15) is 0 Å². The van der Waals surface area contributed by atoms with E-state index in [4.69, 9.17) is 9.97 Å². The third kappa shape index (κ3) is 5.55. The summed E-state index contributed by atoms with van der Waals surface area (Å²) in [7, 11) is 0. The van der Waals surface area contributed by atoms with Crippen LogP contribution in [0.3, 0.4) is 0 Å². The van der Waals surface area contributed by atoms with Crippen molar-refractivity contribution in [2.24, 2.45) is 0 Å². The molecule has 1 heterocycles. The Bertz CT molecular complexity index is 3680. The first-order chi connectivity index (χ1) is 32.5. The van der Waals surface area contributed by atoms with E-state index in [1.807, 2.05) is 6.07 Å². The summed E-state index contributed by atoms with van der Waals surface area (Å²) in [6.45, 7) is 4.75. The Morgan fingerprint density at radius 1 is 0.318 bits per heavy atom. The van der Waals surface area contributed by atoms with Gasteiger partial charge in [-0.3, -0.25) is 0 Å². The highest BCUT2D eigenvalue weighted by atomic mass is 14.9. The maximum atomic E-state index is 5.41. The molecule has 66 heavy (non-hydrogen) atoms. The molecule has 13 rings (SSSR count). The van der Waals surface area contributed by atoms with Crippen LogP contribution in [0.1, 0.15) is 47.2 Å². The number of hydrogen-bond acceptors (Lipinski definition) is 2. The van der Waals surface area contributed by atoms with Crippen LogP contribution in [0, 0.1) is 0 Å². The minimum atomic E-state index is -0.520. The van der Waals surface area contributed by atoms with Gasteiger partial charge in [-0.05, 0) is 100 Å². The fourth-order valence-electron chi connectivity index (χ4n) is 11.6. The van der Waals surface area contributed by atoms with Crippen LogP contribution < -0.4 is 0 Å². The number of fused-ring (bicyclic) bond motifs is 9. The van der Waals surface area contributed by atoms with Crippen molar-refractivity contribution in [1.82, 2.24) is 9.97 Å². The maximum Gasteiger partial charge on any atom is 0.160 e. The minimum Gasteiger partial charge on any atom is -0.228 e. The number of rotatable bonds is 6. The summed E-state index contributed by atoms with van der Waals surface area (Å²) < 4.78 is 0. The average molecular weight is 841 g/mol. The van der Waals surface area contributed by atoms with Crippen LogP contribution in [0.2, 0.25) is 0 Å². The van der Waals surface area contributed by atoms with Crippen molar-refractivity contribution >= 4 is 21.5 Å². The molecule has 11 aromatic rings. The Kier molecular flexibility index (Phi) is 8.51. The lowest BCUT2D eigenvalue weighted by atomic mass is 9.67. The van der Waals surface area contributed by atoms with E-state index in [2.05, 4.69) is 238 Å². The summed E-state index contributed by atoms with van der Waals surface area (Å²) in [6, 6.07) is 84.3. The molecule has 2 nitrogen and oxygen atoms in total. The largest absolute Gasteiger partial charge is 0.228 e. The molecule has 0 bridgehead atoms.